The Hall–Kier alpha value is -2.15. The van der Waals surface area contributed by atoms with Crippen molar-refractivity contribution in [3.05, 3.63) is 33.2 Å². The Kier molecular flexibility index (Phi) is 2.24. The summed E-state index contributed by atoms with van der Waals surface area (Å²) in [5.74, 6) is -1.10. The number of carboxylic acid groups (broad SMARTS) is 1. The van der Waals surface area contributed by atoms with Gasteiger partial charge in [0.25, 0.3) is 0 Å². The van der Waals surface area contributed by atoms with Crippen LogP contribution < -0.4 is 5.73 Å². The van der Waals surface area contributed by atoms with E-state index in [9.17, 15) is 14.9 Å². The van der Waals surface area contributed by atoms with Crippen LogP contribution in [0.3, 0.4) is 0 Å². The van der Waals surface area contributed by atoms with Crippen LogP contribution in [-0.2, 0) is 0 Å². The smallest absolute Gasteiger partial charge is 0.345 e. The fourth-order valence-electron chi connectivity index (χ4n) is 1.42. The maximum absolute atomic E-state index is 10.8. The summed E-state index contributed by atoms with van der Waals surface area (Å²) in [5, 5.41) is 19.9. The molecule has 6 nitrogen and oxygen atoms in total. The average molecular weight is 238 g/mol. The van der Waals surface area contributed by atoms with Crippen molar-refractivity contribution in [2.45, 2.75) is 0 Å². The SMILES string of the molecule is Nc1ccc2sc(C(=O)O)cc2c1[N+](=O)[O-]. The molecule has 3 N–H and O–H groups in total. The number of nitro groups is 1. The monoisotopic (exact) mass is 238 g/mol. The highest BCUT2D eigenvalue weighted by atomic mass is 32.1. The van der Waals surface area contributed by atoms with E-state index in [4.69, 9.17) is 10.8 Å². The number of nitrogens with zero attached hydrogens (tertiary/aromatic N) is 1. The first-order chi connectivity index (χ1) is 7.50. The second-order valence-corrected chi connectivity index (χ2v) is 4.17. The normalized spacial score (nSPS) is 10.5. The highest BCUT2D eigenvalue weighted by Crippen LogP contribution is 2.36. The first-order valence-corrected chi connectivity index (χ1v) is 5.02. The van der Waals surface area contributed by atoms with Gasteiger partial charge in [0, 0.05) is 4.70 Å². The maximum Gasteiger partial charge on any atom is 0.345 e. The number of nitrogens with two attached hydrogens (primary N) is 1. The number of anilines is 1. The molecule has 0 amide bonds. The fraction of sp³-hybridized carbons (Fsp3) is 0. The molecule has 0 saturated carbocycles. The molecule has 16 heavy (non-hydrogen) atoms. The molecule has 0 aliphatic rings. The highest BCUT2D eigenvalue weighted by molar-refractivity contribution is 7.20. The van der Waals surface area contributed by atoms with Crippen LogP contribution in [0.4, 0.5) is 11.4 Å². The van der Waals surface area contributed by atoms with E-state index in [0.717, 1.165) is 11.3 Å². The van der Waals surface area contributed by atoms with Gasteiger partial charge in [-0.3, -0.25) is 10.1 Å². The van der Waals surface area contributed by atoms with Crippen LogP contribution in [0, 0.1) is 10.1 Å². The van der Waals surface area contributed by atoms with Crippen LogP contribution in [0.1, 0.15) is 9.67 Å². The van der Waals surface area contributed by atoms with Crippen molar-refractivity contribution < 1.29 is 14.8 Å². The predicted octanol–water partition coefficient (Wildman–Crippen LogP) is 2.09. The van der Waals surface area contributed by atoms with Gasteiger partial charge in [0.2, 0.25) is 0 Å². The van der Waals surface area contributed by atoms with Gasteiger partial charge in [0.05, 0.1) is 10.3 Å². The zero-order valence-corrected chi connectivity index (χ0v) is 8.65. The van der Waals surface area contributed by atoms with Gasteiger partial charge in [-0.15, -0.1) is 11.3 Å². The number of hydrogen-bond acceptors (Lipinski definition) is 5. The number of thiophene rings is 1. The third kappa shape index (κ3) is 1.47. The van der Waals surface area contributed by atoms with E-state index in [2.05, 4.69) is 0 Å². The molecule has 82 valence electrons. The Morgan fingerprint density at radius 3 is 2.75 bits per heavy atom. The molecule has 1 aromatic carbocycles. The highest BCUT2D eigenvalue weighted by Gasteiger charge is 2.20. The minimum absolute atomic E-state index is 0.0345. The Morgan fingerprint density at radius 1 is 1.50 bits per heavy atom. The quantitative estimate of drug-likeness (QED) is 0.473. The molecule has 0 spiro atoms. The topological polar surface area (TPSA) is 106 Å². The number of fused-ring (bicyclic) bond motifs is 1. The zero-order valence-electron chi connectivity index (χ0n) is 7.84. The molecule has 1 aromatic heterocycles. The first-order valence-electron chi connectivity index (χ1n) is 4.20. The molecule has 0 saturated heterocycles. The number of nitrogen functional groups attached to an aromatic ring is 1. The van der Waals surface area contributed by atoms with Gasteiger partial charge in [-0.25, -0.2) is 4.79 Å². The predicted molar refractivity (Wildman–Crippen MR) is 59.9 cm³/mol. The lowest BCUT2D eigenvalue weighted by Crippen LogP contribution is -1.95. The van der Waals surface area contributed by atoms with Gasteiger partial charge >= 0.3 is 11.7 Å². The number of nitro benzene ring substituents is 1. The molecule has 7 heteroatoms. The molecule has 2 aromatic rings. The molecule has 2 rings (SSSR count). The third-order valence-electron chi connectivity index (χ3n) is 2.10. The number of benzene rings is 1. The Labute approximate surface area is 93.1 Å². The lowest BCUT2D eigenvalue weighted by Gasteiger charge is -1.97. The van der Waals surface area contributed by atoms with Crippen LogP contribution in [0.5, 0.6) is 0 Å². The fourth-order valence-corrected chi connectivity index (χ4v) is 2.33. The van der Waals surface area contributed by atoms with Crippen molar-refractivity contribution in [3.63, 3.8) is 0 Å². The number of hydrogen-bond donors (Lipinski definition) is 2. The molecule has 0 aliphatic heterocycles. The summed E-state index contributed by atoms with van der Waals surface area (Å²) in [6.07, 6.45) is 0. The van der Waals surface area contributed by atoms with Crippen LogP contribution in [0.2, 0.25) is 0 Å². The van der Waals surface area contributed by atoms with Gasteiger partial charge in [-0.2, -0.15) is 0 Å². The van der Waals surface area contributed by atoms with Gasteiger partial charge in [-0.1, -0.05) is 0 Å². The van der Waals surface area contributed by atoms with E-state index in [1.54, 1.807) is 6.07 Å². The van der Waals surface area contributed by atoms with Gasteiger partial charge in [0.15, 0.2) is 0 Å². The molecular weight excluding hydrogens is 232 g/mol. The van der Waals surface area contributed by atoms with Gasteiger partial charge in [-0.05, 0) is 18.2 Å². The van der Waals surface area contributed by atoms with Crippen molar-refractivity contribution in [1.29, 1.82) is 0 Å². The molecule has 0 atom stereocenters. The second-order valence-electron chi connectivity index (χ2n) is 3.09. The number of aromatic carboxylic acids is 1. The lowest BCUT2D eigenvalue weighted by atomic mass is 10.2. The van der Waals surface area contributed by atoms with Gasteiger partial charge in [0.1, 0.15) is 10.6 Å². The van der Waals surface area contributed by atoms with E-state index in [1.807, 2.05) is 0 Å². The Morgan fingerprint density at radius 2 is 2.19 bits per heavy atom. The number of rotatable bonds is 2. The third-order valence-corrected chi connectivity index (χ3v) is 3.19. The van der Waals surface area contributed by atoms with E-state index in [-0.39, 0.29) is 21.6 Å². The summed E-state index contributed by atoms with van der Waals surface area (Å²) in [4.78, 5) is 21.0. The van der Waals surface area contributed by atoms with E-state index in [1.165, 1.54) is 12.1 Å². The summed E-state index contributed by atoms with van der Waals surface area (Å²) in [7, 11) is 0. The number of carboxylic acids is 1. The molecule has 0 unspecified atom stereocenters. The van der Waals surface area contributed by atoms with Crippen LogP contribution in [-0.4, -0.2) is 16.0 Å². The first kappa shape index (κ1) is 10.4. The maximum atomic E-state index is 10.8. The molecule has 0 fully saturated rings. The summed E-state index contributed by atoms with van der Waals surface area (Å²) in [5.41, 5.74) is 5.29. The van der Waals surface area contributed by atoms with E-state index >= 15 is 0 Å². The average Bonchev–Trinajstić information content (AvgIpc) is 2.60. The molecule has 0 aliphatic carbocycles. The van der Waals surface area contributed by atoms with Crippen molar-refractivity contribution in [3.8, 4) is 0 Å². The zero-order chi connectivity index (χ0) is 11.9. The van der Waals surface area contributed by atoms with E-state index < -0.39 is 10.9 Å². The summed E-state index contributed by atoms with van der Waals surface area (Å²) >= 11 is 0.986. The standard InChI is InChI=1S/C9H6N2O4S/c10-5-1-2-6-4(8(5)11(14)15)3-7(16-6)9(12)13/h1-3H,10H2,(H,12,13). The minimum Gasteiger partial charge on any atom is -0.477 e. The lowest BCUT2D eigenvalue weighted by molar-refractivity contribution is -0.382. The van der Waals surface area contributed by atoms with Crippen molar-refractivity contribution >= 4 is 38.8 Å². The Balaban J connectivity index is 2.82. The minimum atomic E-state index is -1.10. The summed E-state index contributed by atoms with van der Waals surface area (Å²) < 4.78 is 0.540. The van der Waals surface area contributed by atoms with Gasteiger partial charge < -0.3 is 10.8 Å². The van der Waals surface area contributed by atoms with Crippen LogP contribution >= 0.6 is 11.3 Å². The molecule has 0 bridgehead atoms. The van der Waals surface area contributed by atoms with Crippen LogP contribution in [0.15, 0.2) is 18.2 Å². The second kappa shape index (κ2) is 3.46. The van der Waals surface area contributed by atoms with Crippen molar-refractivity contribution in [1.82, 2.24) is 0 Å². The number of carbonyl (C=O) groups is 1. The van der Waals surface area contributed by atoms with Crippen LogP contribution in [0.25, 0.3) is 10.1 Å². The van der Waals surface area contributed by atoms with E-state index in [0.29, 0.717) is 4.70 Å². The summed E-state index contributed by atoms with van der Waals surface area (Å²) in [6, 6.07) is 4.26. The van der Waals surface area contributed by atoms with Crippen molar-refractivity contribution in [2.75, 3.05) is 5.73 Å². The molecule has 1 heterocycles. The molecule has 0 radical (unpaired) electrons. The largest absolute Gasteiger partial charge is 0.477 e. The molecular formula is C9H6N2O4S. The van der Waals surface area contributed by atoms with Crippen molar-refractivity contribution in [2.24, 2.45) is 0 Å². The Bertz CT molecular complexity index is 605. The summed E-state index contributed by atoms with van der Waals surface area (Å²) in [6.45, 7) is 0.